The minimum atomic E-state index is -0.291. The molecule has 1 rings (SSSR count). The van der Waals surface area contributed by atoms with Crippen LogP contribution < -0.4 is 0 Å². The number of aliphatic hydroxyl groups excluding tert-OH is 2. The van der Waals surface area contributed by atoms with Gasteiger partial charge in [-0.1, -0.05) is 27.7 Å². The van der Waals surface area contributed by atoms with E-state index in [1.165, 1.54) is 0 Å². The SMILES string of the molecule is C.CCC1C(CO)CC(COC)C(C)C1O.II. The zero-order valence-corrected chi connectivity index (χ0v) is 15.1. The van der Waals surface area contributed by atoms with Crippen LogP contribution in [0.5, 0.6) is 0 Å². The van der Waals surface area contributed by atoms with Gasteiger partial charge in [-0.3, -0.25) is 0 Å². The lowest BCUT2D eigenvalue weighted by Gasteiger charge is -2.43. The number of aliphatic hydroxyl groups is 2. The van der Waals surface area contributed by atoms with E-state index in [1.807, 2.05) is 0 Å². The number of methoxy groups -OCH3 is 1. The summed E-state index contributed by atoms with van der Waals surface area (Å²) >= 11 is 4.24. The topological polar surface area (TPSA) is 49.7 Å². The lowest BCUT2D eigenvalue weighted by molar-refractivity contribution is -0.0703. The van der Waals surface area contributed by atoms with Gasteiger partial charge in [-0.25, -0.2) is 0 Å². The normalized spacial score (nSPS) is 35.2. The van der Waals surface area contributed by atoms with Crippen LogP contribution in [-0.2, 0) is 4.74 Å². The highest BCUT2D eigenvalue weighted by atomic mass is 128. The zero-order chi connectivity index (χ0) is 13.4. The number of halogens is 2. The molecule has 5 heteroatoms. The predicted molar refractivity (Wildman–Crippen MR) is 94.3 cm³/mol. The summed E-state index contributed by atoms with van der Waals surface area (Å²) in [5.74, 6) is 1.14. The minimum absolute atomic E-state index is 0. The maximum Gasteiger partial charge on any atom is 0.0600 e. The van der Waals surface area contributed by atoms with Gasteiger partial charge in [0.15, 0.2) is 0 Å². The van der Waals surface area contributed by atoms with Crippen molar-refractivity contribution in [3.8, 4) is 0 Å². The van der Waals surface area contributed by atoms with E-state index in [1.54, 1.807) is 7.11 Å². The Hall–Kier alpha value is 1.34. The monoisotopic (exact) mass is 486 g/mol. The molecule has 2 N–H and O–H groups in total. The number of ether oxygens (including phenoxy) is 1. The third kappa shape index (κ3) is 5.76. The van der Waals surface area contributed by atoms with Crippen molar-refractivity contribution in [2.45, 2.75) is 40.2 Å². The Morgan fingerprint density at radius 2 is 1.83 bits per heavy atom. The molecule has 1 fully saturated rings. The molecular formula is C13H28I2O3. The summed E-state index contributed by atoms with van der Waals surface area (Å²) < 4.78 is 5.17. The molecule has 0 aliphatic heterocycles. The van der Waals surface area contributed by atoms with E-state index in [2.05, 4.69) is 51.1 Å². The van der Waals surface area contributed by atoms with Crippen LogP contribution in [0.2, 0.25) is 0 Å². The van der Waals surface area contributed by atoms with E-state index in [9.17, 15) is 10.2 Å². The van der Waals surface area contributed by atoms with Gasteiger partial charge in [0.1, 0.15) is 0 Å². The molecule has 0 saturated heterocycles. The molecule has 3 nitrogen and oxygen atoms in total. The van der Waals surface area contributed by atoms with Crippen molar-refractivity contribution in [3.05, 3.63) is 0 Å². The molecule has 18 heavy (non-hydrogen) atoms. The van der Waals surface area contributed by atoms with Gasteiger partial charge in [0.25, 0.3) is 0 Å². The molecule has 0 aromatic rings. The lowest BCUT2D eigenvalue weighted by Crippen LogP contribution is -2.45. The quantitative estimate of drug-likeness (QED) is 0.597. The summed E-state index contributed by atoms with van der Waals surface area (Å²) in [6.07, 6.45) is 1.62. The maximum atomic E-state index is 10.2. The Balaban J connectivity index is 0. The molecule has 5 atom stereocenters. The van der Waals surface area contributed by atoms with Gasteiger partial charge >= 0.3 is 0 Å². The Morgan fingerprint density at radius 1 is 1.28 bits per heavy atom. The van der Waals surface area contributed by atoms with E-state index >= 15 is 0 Å². The first-order chi connectivity index (χ1) is 8.15. The minimum Gasteiger partial charge on any atom is -0.396 e. The van der Waals surface area contributed by atoms with Crippen molar-refractivity contribution in [1.29, 1.82) is 0 Å². The molecule has 0 aromatic carbocycles. The second kappa shape index (κ2) is 12.1. The first-order valence-electron chi connectivity index (χ1n) is 6.07. The average Bonchev–Trinajstić information content (AvgIpc) is 2.37. The number of rotatable bonds is 4. The molecule has 112 valence electrons. The van der Waals surface area contributed by atoms with E-state index in [4.69, 9.17) is 4.74 Å². The molecule has 1 aliphatic rings. The van der Waals surface area contributed by atoms with Crippen LogP contribution in [0.25, 0.3) is 0 Å². The smallest absolute Gasteiger partial charge is 0.0600 e. The Labute approximate surface area is 135 Å². The molecule has 0 bridgehead atoms. The van der Waals surface area contributed by atoms with E-state index < -0.39 is 0 Å². The third-order valence-corrected chi connectivity index (χ3v) is 4.02. The molecule has 0 radical (unpaired) electrons. The van der Waals surface area contributed by atoms with Gasteiger partial charge < -0.3 is 14.9 Å². The zero-order valence-electron chi connectivity index (χ0n) is 10.8. The highest BCUT2D eigenvalue weighted by Gasteiger charge is 2.40. The summed E-state index contributed by atoms with van der Waals surface area (Å²) in [6, 6.07) is 0. The fourth-order valence-electron chi connectivity index (χ4n) is 2.94. The Bertz CT molecular complexity index is 189. The van der Waals surface area contributed by atoms with Crippen molar-refractivity contribution in [2.24, 2.45) is 23.7 Å². The first kappa shape index (κ1) is 21.6. The first-order valence-corrected chi connectivity index (χ1v) is 12.4. The molecule has 1 aliphatic carbocycles. The Morgan fingerprint density at radius 3 is 2.22 bits per heavy atom. The highest BCUT2D eigenvalue weighted by molar-refractivity contribution is 15.0. The van der Waals surface area contributed by atoms with Gasteiger partial charge in [-0.05, 0) is 30.1 Å². The molecule has 0 amide bonds. The van der Waals surface area contributed by atoms with Gasteiger partial charge in [0, 0.05) is 57.6 Å². The third-order valence-electron chi connectivity index (χ3n) is 4.02. The van der Waals surface area contributed by atoms with Crippen LogP contribution in [0, 0.1) is 23.7 Å². The summed E-state index contributed by atoms with van der Waals surface area (Å²) in [5.41, 5.74) is 0. The molecular weight excluding hydrogens is 458 g/mol. The van der Waals surface area contributed by atoms with Crippen LogP contribution in [0.15, 0.2) is 0 Å². The van der Waals surface area contributed by atoms with Gasteiger partial charge in [0.2, 0.25) is 0 Å². The molecule has 1 saturated carbocycles. The summed E-state index contributed by atoms with van der Waals surface area (Å²) in [7, 11) is 1.69. The molecule has 0 aromatic heterocycles. The summed E-state index contributed by atoms with van der Waals surface area (Å²) in [5, 5.41) is 19.5. The van der Waals surface area contributed by atoms with Crippen LogP contribution in [-0.4, -0.2) is 36.6 Å². The lowest BCUT2D eigenvalue weighted by atomic mass is 9.66. The largest absolute Gasteiger partial charge is 0.396 e. The van der Waals surface area contributed by atoms with Crippen molar-refractivity contribution in [2.75, 3.05) is 20.3 Å². The van der Waals surface area contributed by atoms with Gasteiger partial charge in [0.05, 0.1) is 6.10 Å². The molecule has 0 heterocycles. The average molecular weight is 486 g/mol. The molecule has 5 unspecified atom stereocenters. The number of hydrogen-bond acceptors (Lipinski definition) is 3. The maximum absolute atomic E-state index is 10.2. The standard InChI is InChI=1S/C12H24O3.CH4.I2/c1-4-11-9(6-13)5-10(7-15-3)8(2)12(11)14;;1-2/h8-14H,4-7H2,1-3H3;1H4;. The second-order valence-electron chi connectivity index (χ2n) is 4.82. The van der Waals surface area contributed by atoms with Crippen LogP contribution in [0.4, 0.5) is 0 Å². The van der Waals surface area contributed by atoms with Crippen LogP contribution in [0.3, 0.4) is 0 Å². The fourth-order valence-corrected chi connectivity index (χ4v) is 2.94. The van der Waals surface area contributed by atoms with E-state index in [0.717, 1.165) is 12.8 Å². The van der Waals surface area contributed by atoms with Crippen molar-refractivity contribution < 1.29 is 14.9 Å². The predicted octanol–water partition coefficient (Wildman–Crippen LogP) is 3.69. The van der Waals surface area contributed by atoms with E-state index in [0.29, 0.717) is 12.5 Å². The van der Waals surface area contributed by atoms with E-state index in [-0.39, 0.29) is 37.9 Å². The van der Waals surface area contributed by atoms with Crippen molar-refractivity contribution in [3.63, 3.8) is 0 Å². The van der Waals surface area contributed by atoms with Gasteiger partial charge in [-0.15, -0.1) is 0 Å². The second-order valence-corrected chi connectivity index (χ2v) is 4.82. The summed E-state index contributed by atoms with van der Waals surface area (Å²) in [4.78, 5) is 0. The van der Waals surface area contributed by atoms with Crippen molar-refractivity contribution in [1.82, 2.24) is 0 Å². The fraction of sp³-hybridized carbons (Fsp3) is 1.00. The molecule has 0 spiro atoms. The van der Waals surface area contributed by atoms with Crippen LogP contribution >= 0.6 is 37.2 Å². The Kier molecular flexibility index (Phi) is 14.6. The van der Waals surface area contributed by atoms with Gasteiger partial charge in [-0.2, -0.15) is 0 Å². The number of hydrogen-bond donors (Lipinski definition) is 2. The highest BCUT2D eigenvalue weighted by Crippen LogP contribution is 2.39. The van der Waals surface area contributed by atoms with Crippen molar-refractivity contribution >= 4 is 37.2 Å². The van der Waals surface area contributed by atoms with Crippen LogP contribution in [0.1, 0.15) is 34.1 Å². The summed E-state index contributed by atoms with van der Waals surface area (Å²) in [6.45, 7) is 5.04.